The Morgan fingerprint density at radius 2 is 1.32 bits per heavy atom. The first-order valence-corrected chi connectivity index (χ1v) is 12.5. The molecule has 3 amide bonds. The molecule has 0 aromatic heterocycles. The fourth-order valence-electron chi connectivity index (χ4n) is 3.74. The van der Waals surface area contributed by atoms with Gasteiger partial charge in [-0.05, 0) is 36.6 Å². The van der Waals surface area contributed by atoms with E-state index in [2.05, 4.69) is 16.0 Å². The van der Waals surface area contributed by atoms with Crippen LogP contribution in [-0.4, -0.2) is 80.4 Å². The van der Waals surface area contributed by atoms with E-state index in [0.717, 1.165) is 0 Å². The second-order valence-electron chi connectivity index (χ2n) is 9.29. The van der Waals surface area contributed by atoms with Gasteiger partial charge >= 0.3 is 11.9 Å². The Morgan fingerprint density at radius 3 is 1.88 bits per heavy atom. The van der Waals surface area contributed by atoms with Gasteiger partial charge in [0.05, 0.1) is 12.1 Å². The molecule has 0 fully saturated rings. The van der Waals surface area contributed by atoms with E-state index in [1.807, 2.05) is 0 Å². The van der Waals surface area contributed by atoms with Gasteiger partial charge in [0.2, 0.25) is 17.7 Å². The number of benzene rings is 2. The van der Waals surface area contributed by atoms with Crippen molar-refractivity contribution in [2.24, 2.45) is 5.73 Å². The Balaban J connectivity index is 2.20. The second kappa shape index (κ2) is 15.2. The van der Waals surface area contributed by atoms with Gasteiger partial charge in [-0.3, -0.25) is 19.2 Å². The second-order valence-corrected chi connectivity index (χ2v) is 9.29. The van der Waals surface area contributed by atoms with Gasteiger partial charge in [-0.25, -0.2) is 4.79 Å². The first-order valence-electron chi connectivity index (χ1n) is 12.5. The lowest BCUT2D eigenvalue weighted by Crippen LogP contribution is -2.60. The minimum absolute atomic E-state index is 0.0289. The van der Waals surface area contributed by atoms with Crippen LogP contribution in [0.3, 0.4) is 0 Å². The summed E-state index contributed by atoms with van der Waals surface area (Å²) in [5, 5.41) is 45.4. The average molecular weight is 559 g/mol. The van der Waals surface area contributed by atoms with E-state index in [0.29, 0.717) is 11.1 Å². The van der Waals surface area contributed by atoms with Gasteiger partial charge in [-0.15, -0.1) is 0 Å². The molecule has 0 radical (unpaired) electrons. The highest BCUT2D eigenvalue weighted by Gasteiger charge is 2.33. The number of aliphatic hydroxyl groups excluding tert-OH is 1. The van der Waals surface area contributed by atoms with Crippen molar-refractivity contribution in [2.75, 3.05) is 0 Å². The number of phenolic OH excluding ortho intramolecular Hbond substituents is 1. The van der Waals surface area contributed by atoms with Gasteiger partial charge in [0.1, 0.15) is 23.9 Å². The third kappa shape index (κ3) is 10.3. The van der Waals surface area contributed by atoms with E-state index < -0.39 is 59.9 Å². The molecule has 0 bridgehead atoms. The number of carbonyl (C=O) groups excluding carboxylic acids is 3. The summed E-state index contributed by atoms with van der Waals surface area (Å²) in [5.41, 5.74) is 6.93. The number of nitrogens with one attached hydrogen (secondary N) is 3. The number of amides is 3. The quantitative estimate of drug-likeness (QED) is 0.137. The molecule has 0 saturated carbocycles. The van der Waals surface area contributed by atoms with Crippen molar-refractivity contribution in [3.8, 4) is 5.75 Å². The summed E-state index contributed by atoms with van der Waals surface area (Å²) in [5.74, 6) is -5.16. The predicted octanol–water partition coefficient (Wildman–Crippen LogP) is -0.711. The van der Waals surface area contributed by atoms with Crippen molar-refractivity contribution in [3.05, 3.63) is 65.7 Å². The van der Waals surface area contributed by atoms with Crippen LogP contribution < -0.4 is 21.7 Å². The molecule has 0 aliphatic rings. The fraction of sp³-hybridized carbons (Fsp3) is 0.370. The topological polar surface area (TPSA) is 228 Å². The predicted molar refractivity (Wildman–Crippen MR) is 142 cm³/mol. The van der Waals surface area contributed by atoms with Gasteiger partial charge in [0.15, 0.2) is 0 Å². The SMILES string of the molecule is CC(O)C(NC(=O)C(Cc1ccc(O)cc1)NC(=O)C(N)CCC(=O)O)C(=O)NC(Cc1ccccc1)C(=O)O. The smallest absolute Gasteiger partial charge is 0.326 e. The van der Waals surface area contributed by atoms with E-state index in [-0.39, 0.29) is 31.4 Å². The molecule has 0 aliphatic heterocycles. The van der Waals surface area contributed by atoms with E-state index in [9.17, 15) is 39.3 Å². The third-order valence-electron chi connectivity index (χ3n) is 5.97. The lowest BCUT2D eigenvalue weighted by Gasteiger charge is -2.26. The van der Waals surface area contributed by atoms with Crippen LogP contribution in [0, 0.1) is 0 Å². The lowest BCUT2D eigenvalue weighted by atomic mass is 10.0. The molecule has 0 aliphatic carbocycles. The van der Waals surface area contributed by atoms with Crippen molar-refractivity contribution in [1.29, 1.82) is 0 Å². The van der Waals surface area contributed by atoms with Crippen LogP contribution in [0.1, 0.15) is 30.9 Å². The first kappa shape index (κ1) is 31.7. The number of nitrogens with two attached hydrogens (primary N) is 1. The molecular formula is C27H34N4O9. The number of aromatic hydroxyl groups is 1. The van der Waals surface area contributed by atoms with Gasteiger partial charge in [-0.1, -0.05) is 42.5 Å². The molecule has 2 aromatic carbocycles. The zero-order valence-electron chi connectivity index (χ0n) is 21.8. The number of phenols is 1. The van der Waals surface area contributed by atoms with Crippen LogP contribution in [-0.2, 0) is 36.8 Å². The van der Waals surface area contributed by atoms with Crippen LogP contribution in [0.25, 0.3) is 0 Å². The molecule has 5 atom stereocenters. The molecule has 216 valence electrons. The largest absolute Gasteiger partial charge is 0.508 e. The van der Waals surface area contributed by atoms with Crippen LogP contribution in [0.5, 0.6) is 5.75 Å². The number of aliphatic hydroxyl groups is 1. The summed E-state index contributed by atoms with van der Waals surface area (Å²) in [6.45, 7) is 1.23. The molecule has 0 saturated heterocycles. The monoisotopic (exact) mass is 558 g/mol. The molecule has 2 rings (SSSR count). The molecule has 2 aromatic rings. The highest BCUT2D eigenvalue weighted by atomic mass is 16.4. The summed E-state index contributed by atoms with van der Waals surface area (Å²) in [4.78, 5) is 61.5. The van der Waals surface area contributed by atoms with Crippen LogP contribution >= 0.6 is 0 Å². The van der Waals surface area contributed by atoms with Gasteiger partial charge < -0.3 is 42.1 Å². The van der Waals surface area contributed by atoms with Gasteiger partial charge in [0.25, 0.3) is 0 Å². The molecule has 13 nitrogen and oxygen atoms in total. The molecule has 40 heavy (non-hydrogen) atoms. The maximum atomic E-state index is 13.3. The summed E-state index contributed by atoms with van der Waals surface area (Å²) in [6, 6.07) is 8.82. The van der Waals surface area contributed by atoms with Gasteiger partial charge in [-0.2, -0.15) is 0 Å². The standard InChI is InChI=1S/C27H34N4O9/c1-15(32)23(26(38)30-21(27(39)40)14-16-5-3-2-4-6-16)31-25(37)20(13-17-7-9-18(33)10-8-17)29-24(36)19(28)11-12-22(34)35/h2-10,15,19-21,23,32-33H,11-14,28H2,1H3,(H,29,36)(H,30,38)(H,31,37)(H,34,35)(H,39,40). The number of rotatable bonds is 15. The Morgan fingerprint density at radius 1 is 0.775 bits per heavy atom. The minimum atomic E-state index is -1.58. The Labute approximate surface area is 230 Å². The highest BCUT2D eigenvalue weighted by Crippen LogP contribution is 2.12. The normalized spacial score (nSPS) is 14.6. The molecule has 5 unspecified atom stereocenters. The number of aliphatic carboxylic acids is 2. The van der Waals surface area contributed by atoms with Crippen LogP contribution in [0.15, 0.2) is 54.6 Å². The zero-order chi connectivity index (χ0) is 29.8. The fourth-order valence-corrected chi connectivity index (χ4v) is 3.74. The molecule has 0 heterocycles. The number of carboxylic acid groups (broad SMARTS) is 2. The first-order chi connectivity index (χ1) is 18.9. The summed E-state index contributed by atoms with van der Waals surface area (Å²) >= 11 is 0. The van der Waals surface area contributed by atoms with E-state index >= 15 is 0 Å². The molecule has 0 spiro atoms. The minimum Gasteiger partial charge on any atom is -0.508 e. The van der Waals surface area contributed by atoms with Crippen molar-refractivity contribution < 1.29 is 44.4 Å². The van der Waals surface area contributed by atoms with Crippen molar-refractivity contribution in [1.82, 2.24) is 16.0 Å². The van der Waals surface area contributed by atoms with Crippen molar-refractivity contribution >= 4 is 29.7 Å². The lowest BCUT2D eigenvalue weighted by molar-refractivity contribution is -0.143. The Kier molecular flexibility index (Phi) is 12.0. The van der Waals surface area contributed by atoms with Gasteiger partial charge in [0, 0.05) is 19.3 Å². The molecular weight excluding hydrogens is 524 g/mol. The summed E-state index contributed by atoms with van der Waals surface area (Å²) in [7, 11) is 0. The highest BCUT2D eigenvalue weighted by molar-refractivity contribution is 5.94. The van der Waals surface area contributed by atoms with E-state index in [4.69, 9.17) is 10.8 Å². The van der Waals surface area contributed by atoms with Crippen LogP contribution in [0.2, 0.25) is 0 Å². The van der Waals surface area contributed by atoms with Crippen molar-refractivity contribution in [2.45, 2.75) is 62.9 Å². The van der Waals surface area contributed by atoms with Crippen LogP contribution in [0.4, 0.5) is 0 Å². The van der Waals surface area contributed by atoms with E-state index in [1.54, 1.807) is 30.3 Å². The third-order valence-corrected chi connectivity index (χ3v) is 5.97. The number of carboxylic acids is 2. The summed E-state index contributed by atoms with van der Waals surface area (Å²) in [6.07, 6.45) is -2.16. The number of hydrogen-bond acceptors (Lipinski definition) is 8. The van der Waals surface area contributed by atoms with Crippen molar-refractivity contribution in [3.63, 3.8) is 0 Å². The average Bonchev–Trinajstić information content (AvgIpc) is 2.90. The Bertz CT molecular complexity index is 1170. The van der Waals surface area contributed by atoms with E-state index in [1.165, 1.54) is 31.2 Å². The summed E-state index contributed by atoms with van der Waals surface area (Å²) < 4.78 is 0. The Hall–Kier alpha value is -4.49. The molecule has 13 heteroatoms. The maximum absolute atomic E-state index is 13.3. The maximum Gasteiger partial charge on any atom is 0.326 e. The number of carbonyl (C=O) groups is 5. The zero-order valence-corrected chi connectivity index (χ0v) is 21.8. The number of hydrogen-bond donors (Lipinski definition) is 8. The molecule has 9 N–H and O–H groups in total.